The molecule has 0 aliphatic rings. The third-order valence-electron chi connectivity index (χ3n) is 3.29. The van der Waals surface area contributed by atoms with E-state index >= 15 is 0 Å². The van der Waals surface area contributed by atoms with Crippen molar-refractivity contribution < 1.29 is 13.3 Å². The molecule has 1 aromatic rings. The Morgan fingerprint density at radius 1 is 1.26 bits per heavy atom. The molecule has 1 aromatic carbocycles. The van der Waals surface area contributed by atoms with E-state index in [-0.39, 0.29) is 4.90 Å². The van der Waals surface area contributed by atoms with E-state index in [0.29, 0.717) is 12.8 Å². The van der Waals surface area contributed by atoms with E-state index in [1.807, 2.05) is 13.8 Å². The smallest absolute Gasteiger partial charge is 0.258 e. The second kappa shape index (κ2) is 5.66. The van der Waals surface area contributed by atoms with Crippen LogP contribution in [0, 0.1) is 10.1 Å². The predicted molar refractivity (Wildman–Crippen MR) is 72.4 cm³/mol. The summed E-state index contributed by atoms with van der Waals surface area (Å²) < 4.78 is 27.1. The van der Waals surface area contributed by atoms with Crippen LogP contribution in [0.15, 0.2) is 29.2 Å². The Bertz CT molecular complexity index is 565. The maximum Gasteiger partial charge on any atom is 0.289 e. The summed E-state index contributed by atoms with van der Waals surface area (Å²) in [5.41, 5.74) is -1.02. The van der Waals surface area contributed by atoms with Crippen LogP contribution in [-0.4, -0.2) is 18.9 Å². The number of para-hydroxylation sites is 1. The SMILES string of the molecule is CCC(C)(CC)NS(=O)(=O)c1ccccc1[N+](=O)[O-]. The molecule has 0 aliphatic heterocycles. The Morgan fingerprint density at radius 2 is 1.79 bits per heavy atom. The first-order valence-corrected chi connectivity index (χ1v) is 7.51. The van der Waals surface area contributed by atoms with Crippen LogP contribution in [0.1, 0.15) is 33.6 Å². The van der Waals surface area contributed by atoms with Crippen molar-refractivity contribution in [3.63, 3.8) is 0 Å². The summed E-state index contributed by atoms with van der Waals surface area (Å²) >= 11 is 0. The highest BCUT2D eigenvalue weighted by Crippen LogP contribution is 2.25. The van der Waals surface area contributed by atoms with Crippen LogP contribution >= 0.6 is 0 Å². The minimum absolute atomic E-state index is 0.298. The van der Waals surface area contributed by atoms with Gasteiger partial charge in [0.15, 0.2) is 4.90 Å². The fraction of sp³-hybridized carbons (Fsp3) is 0.500. The molecule has 106 valence electrons. The highest BCUT2D eigenvalue weighted by molar-refractivity contribution is 7.89. The Kier molecular flexibility index (Phi) is 4.65. The molecule has 0 heterocycles. The van der Waals surface area contributed by atoms with Crippen LogP contribution in [0.4, 0.5) is 5.69 Å². The van der Waals surface area contributed by atoms with E-state index in [4.69, 9.17) is 0 Å². The summed E-state index contributed by atoms with van der Waals surface area (Å²) in [6.07, 6.45) is 1.20. The molecule has 0 saturated carbocycles. The lowest BCUT2D eigenvalue weighted by atomic mass is 9.98. The molecule has 1 N–H and O–H groups in total. The van der Waals surface area contributed by atoms with Crippen molar-refractivity contribution in [1.82, 2.24) is 4.72 Å². The van der Waals surface area contributed by atoms with Crippen LogP contribution < -0.4 is 4.72 Å². The van der Waals surface area contributed by atoms with Gasteiger partial charge in [-0.3, -0.25) is 10.1 Å². The number of sulfonamides is 1. The zero-order valence-electron chi connectivity index (χ0n) is 11.2. The van der Waals surface area contributed by atoms with E-state index in [0.717, 1.165) is 0 Å². The number of rotatable bonds is 6. The minimum Gasteiger partial charge on any atom is -0.258 e. The molecule has 0 bridgehead atoms. The van der Waals surface area contributed by atoms with Gasteiger partial charge in [0.1, 0.15) is 0 Å². The van der Waals surface area contributed by atoms with Gasteiger partial charge in [-0.15, -0.1) is 0 Å². The zero-order valence-corrected chi connectivity index (χ0v) is 12.0. The van der Waals surface area contributed by atoms with Crippen molar-refractivity contribution in [2.45, 2.75) is 44.0 Å². The fourth-order valence-electron chi connectivity index (χ4n) is 1.61. The molecule has 0 aliphatic carbocycles. The number of nitrogens with zero attached hydrogens (tertiary/aromatic N) is 1. The molecule has 6 nitrogen and oxygen atoms in total. The van der Waals surface area contributed by atoms with E-state index in [9.17, 15) is 18.5 Å². The number of nitro groups is 1. The first-order valence-electron chi connectivity index (χ1n) is 6.03. The number of hydrogen-bond donors (Lipinski definition) is 1. The van der Waals surface area contributed by atoms with Crippen LogP contribution in [0.3, 0.4) is 0 Å². The Hall–Kier alpha value is -1.47. The topological polar surface area (TPSA) is 89.3 Å². The summed E-state index contributed by atoms with van der Waals surface area (Å²) in [7, 11) is -3.91. The van der Waals surface area contributed by atoms with E-state index in [1.165, 1.54) is 24.3 Å². The molecule has 19 heavy (non-hydrogen) atoms. The maximum absolute atomic E-state index is 12.3. The molecule has 0 amide bonds. The lowest BCUT2D eigenvalue weighted by Crippen LogP contribution is -2.44. The van der Waals surface area contributed by atoms with Crippen molar-refractivity contribution in [2.24, 2.45) is 0 Å². The second-order valence-electron chi connectivity index (χ2n) is 4.60. The molecule has 0 spiro atoms. The van der Waals surface area contributed by atoms with Crippen molar-refractivity contribution >= 4 is 15.7 Å². The average Bonchev–Trinajstić information content (AvgIpc) is 2.38. The molecule has 0 atom stereocenters. The summed E-state index contributed by atoms with van der Waals surface area (Å²) in [4.78, 5) is 9.90. The molecule has 0 fully saturated rings. The van der Waals surface area contributed by atoms with Crippen LogP contribution in [0.2, 0.25) is 0 Å². The van der Waals surface area contributed by atoms with Gasteiger partial charge < -0.3 is 0 Å². The van der Waals surface area contributed by atoms with Gasteiger partial charge in [-0.25, -0.2) is 13.1 Å². The monoisotopic (exact) mass is 286 g/mol. The number of nitro benzene ring substituents is 1. The first-order chi connectivity index (χ1) is 8.75. The summed E-state index contributed by atoms with van der Waals surface area (Å²) in [6, 6.07) is 5.34. The van der Waals surface area contributed by atoms with Crippen molar-refractivity contribution in [3.8, 4) is 0 Å². The second-order valence-corrected chi connectivity index (χ2v) is 6.25. The standard InChI is InChI=1S/C12H18N2O4S/c1-4-12(3,5-2)13-19(17,18)11-9-7-6-8-10(11)14(15)16/h6-9,13H,4-5H2,1-3H3. The number of nitrogens with one attached hydrogen (secondary N) is 1. The lowest BCUT2D eigenvalue weighted by Gasteiger charge is -2.27. The molecule has 0 aromatic heterocycles. The number of benzene rings is 1. The third kappa shape index (κ3) is 3.51. The summed E-state index contributed by atoms with van der Waals surface area (Å²) in [6.45, 7) is 5.51. The Balaban J connectivity index is 3.25. The molecule has 1 rings (SSSR count). The molecule has 0 unspecified atom stereocenters. The highest BCUT2D eigenvalue weighted by Gasteiger charge is 2.31. The van der Waals surface area contributed by atoms with Gasteiger partial charge in [-0.2, -0.15) is 0 Å². The highest BCUT2D eigenvalue weighted by atomic mass is 32.2. The Labute approximate surface area is 113 Å². The van der Waals surface area contributed by atoms with Crippen LogP contribution in [-0.2, 0) is 10.0 Å². The van der Waals surface area contributed by atoms with Crippen molar-refractivity contribution in [3.05, 3.63) is 34.4 Å². The first kappa shape index (κ1) is 15.6. The van der Waals surface area contributed by atoms with E-state index < -0.39 is 26.2 Å². The van der Waals surface area contributed by atoms with Gasteiger partial charge in [0.2, 0.25) is 10.0 Å². The molecule has 7 heteroatoms. The van der Waals surface area contributed by atoms with Crippen molar-refractivity contribution in [1.29, 1.82) is 0 Å². The van der Waals surface area contributed by atoms with Gasteiger partial charge in [-0.1, -0.05) is 26.0 Å². The third-order valence-corrected chi connectivity index (χ3v) is 4.98. The normalized spacial score (nSPS) is 12.4. The van der Waals surface area contributed by atoms with Gasteiger partial charge in [-0.05, 0) is 25.8 Å². The van der Waals surface area contributed by atoms with Gasteiger partial charge in [0, 0.05) is 11.6 Å². The van der Waals surface area contributed by atoms with E-state index in [1.54, 1.807) is 6.92 Å². The minimum atomic E-state index is -3.91. The average molecular weight is 286 g/mol. The summed E-state index contributed by atoms with van der Waals surface area (Å²) in [5, 5.41) is 10.9. The van der Waals surface area contributed by atoms with Gasteiger partial charge >= 0.3 is 0 Å². The quantitative estimate of drug-likeness (QED) is 0.642. The van der Waals surface area contributed by atoms with E-state index in [2.05, 4.69) is 4.72 Å². The lowest BCUT2D eigenvalue weighted by molar-refractivity contribution is -0.387. The Morgan fingerprint density at radius 3 is 2.26 bits per heavy atom. The maximum atomic E-state index is 12.3. The van der Waals surface area contributed by atoms with Gasteiger partial charge in [0.25, 0.3) is 5.69 Å². The van der Waals surface area contributed by atoms with Crippen LogP contribution in [0.5, 0.6) is 0 Å². The predicted octanol–water partition coefficient (Wildman–Crippen LogP) is 2.45. The van der Waals surface area contributed by atoms with Gasteiger partial charge in [0.05, 0.1) is 4.92 Å². The number of hydrogen-bond acceptors (Lipinski definition) is 4. The molecular formula is C12H18N2O4S. The molecular weight excluding hydrogens is 268 g/mol. The van der Waals surface area contributed by atoms with Crippen LogP contribution in [0.25, 0.3) is 0 Å². The van der Waals surface area contributed by atoms with Crippen molar-refractivity contribution in [2.75, 3.05) is 0 Å². The zero-order chi connectivity index (χ0) is 14.7. The molecule has 0 saturated heterocycles. The summed E-state index contributed by atoms with van der Waals surface area (Å²) in [5.74, 6) is 0. The molecule has 0 radical (unpaired) electrons. The fourth-order valence-corrected chi connectivity index (χ4v) is 3.33. The largest absolute Gasteiger partial charge is 0.289 e.